The van der Waals surface area contributed by atoms with Gasteiger partial charge in [-0.15, -0.1) is 0 Å². The molecule has 0 saturated carbocycles. The minimum Gasteiger partial charge on any atom is -0.363 e. The number of sulfone groups is 1. The van der Waals surface area contributed by atoms with Crippen molar-refractivity contribution in [3.8, 4) is 0 Å². The Bertz CT molecular complexity index is 1640. The number of nitrogens with zero attached hydrogens (tertiary/aromatic N) is 4. The van der Waals surface area contributed by atoms with Gasteiger partial charge in [-0.25, -0.2) is 27.2 Å². The van der Waals surface area contributed by atoms with E-state index >= 15 is 8.78 Å². The predicted molar refractivity (Wildman–Crippen MR) is 169 cm³/mol. The van der Waals surface area contributed by atoms with E-state index in [2.05, 4.69) is 20.2 Å². The number of rotatable bonds is 1. The smallest absolute Gasteiger partial charge is 0.273 e. The summed E-state index contributed by atoms with van der Waals surface area (Å²) in [4.78, 5) is 25.4. The maximum atomic E-state index is 15.6. The number of fused-ring (bicyclic) bond motifs is 9. The molecule has 2 saturated heterocycles. The van der Waals surface area contributed by atoms with E-state index in [0.717, 1.165) is 63.7 Å². The van der Waals surface area contributed by atoms with Crippen LogP contribution in [0.3, 0.4) is 0 Å². The molecule has 0 radical (unpaired) electrons. The average Bonchev–Trinajstić information content (AvgIpc) is 3.00. The summed E-state index contributed by atoms with van der Waals surface area (Å²) in [5, 5.41) is 4.10. The lowest BCUT2D eigenvalue weighted by Gasteiger charge is -2.33. The molecule has 6 heterocycles. The molecule has 0 unspecified atom stereocenters. The number of hydrogen-bond acceptors (Lipinski definition) is 7. The summed E-state index contributed by atoms with van der Waals surface area (Å²) in [6.45, 7) is 5.12. The fraction of sp³-hybridized carbons (Fsp3) is 0.606. The summed E-state index contributed by atoms with van der Waals surface area (Å²) in [6, 6.07) is 8.15. The molecule has 2 aromatic heterocycles. The van der Waals surface area contributed by atoms with Crippen molar-refractivity contribution in [3.05, 3.63) is 63.7 Å². The van der Waals surface area contributed by atoms with E-state index in [1.165, 1.54) is 12.4 Å². The first-order chi connectivity index (χ1) is 21.1. The lowest BCUT2D eigenvalue weighted by molar-refractivity contribution is -0.0372. The zero-order valence-corrected chi connectivity index (χ0v) is 26.3. The standard InChI is InChI=1S/C33H43F2N5O3S/c1-23-26-7-6-8-27(19-26)33(34,35)21-24-9-15-39(16-10-24)13-4-2-3-5-14-40-31-29(30(38-23)36-22-37-31)20-28(32(40)41)25-11-17-44(42,43)18-12-25/h6-8,19-20,22-25H,2-5,9-18,21H2,1H3,(H,36,37,38)/t23-/m1/s1. The zero-order valence-electron chi connectivity index (χ0n) is 25.5. The Labute approximate surface area is 258 Å². The molecule has 3 aromatic rings. The quantitative estimate of drug-likeness (QED) is 0.352. The Morgan fingerprint density at radius 1 is 0.932 bits per heavy atom. The van der Waals surface area contributed by atoms with E-state index in [1.54, 1.807) is 16.7 Å². The molecular weight excluding hydrogens is 584 g/mol. The van der Waals surface area contributed by atoms with Crippen molar-refractivity contribution in [3.63, 3.8) is 0 Å². The van der Waals surface area contributed by atoms with Gasteiger partial charge >= 0.3 is 0 Å². The zero-order chi connectivity index (χ0) is 30.9. The molecule has 0 aliphatic carbocycles. The number of hydrogen-bond donors (Lipinski definition) is 1. The summed E-state index contributed by atoms with van der Waals surface area (Å²) in [7, 11) is -3.09. The van der Waals surface area contributed by atoms with Crippen molar-refractivity contribution in [2.24, 2.45) is 5.92 Å². The number of halogens is 2. The van der Waals surface area contributed by atoms with Gasteiger partial charge in [0.2, 0.25) is 0 Å². The first-order valence-corrected chi connectivity index (χ1v) is 18.0. The van der Waals surface area contributed by atoms with Crippen molar-refractivity contribution >= 4 is 26.7 Å². The second kappa shape index (κ2) is 12.8. The van der Waals surface area contributed by atoms with Gasteiger partial charge in [0.15, 0.2) is 0 Å². The van der Waals surface area contributed by atoms with Crippen LogP contribution in [0.4, 0.5) is 14.6 Å². The third-order valence-corrected chi connectivity index (χ3v) is 11.6. The molecule has 2 fully saturated rings. The van der Waals surface area contributed by atoms with E-state index in [-0.39, 0.29) is 46.9 Å². The van der Waals surface area contributed by atoms with Crippen LogP contribution in [0.15, 0.2) is 41.5 Å². The van der Waals surface area contributed by atoms with Crippen molar-refractivity contribution in [1.29, 1.82) is 0 Å². The molecule has 1 atom stereocenters. The molecule has 1 N–H and O–H groups in total. The van der Waals surface area contributed by atoms with E-state index in [9.17, 15) is 13.2 Å². The Kier molecular flexibility index (Phi) is 9.06. The first kappa shape index (κ1) is 31.1. The fourth-order valence-electron chi connectivity index (χ4n) is 7.20. The molecule has 8 nitrogen and oxygen atoms in total. The largest absolute Gasteiger partial charge is 0.363 e. The van der Waals surface area contributed by atoms with Crippen molar-refractivity contribution in [2.75, 3.05) is 36.5 Å². The number of aryl methyl sites for hydroxylation is 1. The Morgan fingerprint density at radius 3 is 2.41 bits per heavy atom. The number of anilines is 1. The van der Waals surface area contributed by atoms with Crippen molar-refractivity contribution in [2.45, 2.75) is 89.1 Å². The maximum Gasteiger partial charge on any atom is 0.273 e. The minimum atomic E-state index is -3.09. The van der Waals surface area contributed by atoms with Gasteiger partial charge in [-0.05, 0) is 94.6 Å². The Hall–Kier alpha value is -2.92. The molecule has 7 rings (SSSR count). The Morgan fingerprint density at radius 2 is 1.66 bits per heavy atom. The normalized spacial score (nSPS) is 26.6. The molecule has 0 amide bonds. The van der Waals surface area contributed by atoms with Gasteiger partial charge in [-0.2, -0.15) is 0 Å². The molecule has 4 aliphatic rings. The third-order valence-electron chi connectivity index (χ3n) is 9.93. The Balaban J connectivity index is 1.38. The molecule has 8 bridgehead atoms. The highest BCUT2D eigenvalue weighted by Crippen LogP contribution is 2.39. The minimum absolute atomic E-state index is 0.00643. The van der Waals surface area contributed by atoms with Crippen LogP contribution in [-0.4, -0.2) is 59.0 Å². The fourth-order valence-corrected chi connectivity index (χ4v) is 8.69. The lowest BCUT2D eigenvalue weighted by atomic mass is 9.87. The monoisotopic (exact) mass is 627 g/mol. The molecule has 4 aliphatic heterocycles. The molecular formula is C33H43F2N5O3S. The molecule has 238 valence electrons. The van der Waals surface area contributed by atoms with Crippen molar-refractivity contribution < 1.29 is 17.2 Å². The summed E-state index contributed by atoms with van der Waals surface area (Å²) in [5.41, 5.74) is 1.77. The molecule has 1 aromatic carbocycles. The van der Waals surface area contributed by atoms with Crippen LogP contribution in [0.1, 0.15) is 93.4 Å². The number of pyridine rings is 1. The van der Waals surface area contributed by atoms with Gasteiger partial charge in [0.05, 0.1) is 16.9 Å². The summed E-state index contributed by atoms with van der Waals surface area (Å²) in [5.74, 6) is -2.41. The van der Waals surface area contributed by atoms with Gasteiger partial charge in [0.25, 0.3) is 11.5 Å². The van der Waals surface area contributed by atoms with Gasteiger partial charge < -0.3 is 10.2 Å². The third kappa shape index (κ3) is 6.83. The van der Waals surface area contributed by atoms with E-state index in [1.807, 2.05) is 19.1 Å². The van der Waals surface area contributed by atoms with Crippen molar-refractivity contribution in [1.82, 2.24) is 19.4 Å². The number of aromatic nitrogens is 3. The van der Waals surface area contributed by atoms with Gasteiger partial charge in [-0.3, -0.25) is 9.36 Å². The first-order valence-electron chi connectivity index (χ1n) is 16.2. The van der Waals surface area contributed by atoms with Crippen LogP contribution in [0, 0.1) is 5.92 Å². The van der Waals surface area contributed by atoms with E-state index in [4.69, 9.17) is 0 Å². The van der Waals surface area contributed by atoms with Crippen LogP contribution >= 0.6 is 0 Å². The number of nitrogens with one attached hydrogen (secondary N) is 1. The van der Waals surface area contributed by atoms with E-state index in [0.29, 0.717) is 41.8 Å². The summed E-state index contributed by atoms with van der Waals surface area (Å²) >= 11 is 0. The van der Waals surface area contributed by atoms with Gasteiger partial charge in [-0.1, -0.05) is 31.0 Å². The van der Waals surface area contributed by atoms with Crippen LogP contribution in [0.25, 0.3) is 11.0 Å². The van der Waals surface area contributed by atoms with Crippen LogP contribution in [-0.2, 0) is 22.3 Å². The second-order valence-electron chi connectivity index (χ2n) is 13.0. The SMILES string of the molecule is C[C@H]1Nc2ncnc3c2cc(C2CCS(=O)(=O)CC2)c(=O)n3CCCCCCN2CCC(CC2)CC(F)(F)c2cccc1c2. The van der Waals surface area contributed by atoms with Gasteiger partial charge in [0, 0.05) is 30.1 Å². The number of benzene rings is 1. The van der Waals surface area contributed by atoms with Crippen LogP contribution < -0.4 is 10.9 Å². The maximum absolute atomic E-state index is 15.6. The number of piperidine rings is 1. The highest BCUT2D eigenvalue weighted by molar-refractivity contribution is 7.91. The molecule has 11 heteroatoms. The van der Waals surface area contributed by atoms with Crippen LogP contribution in [0.5, 0.6) is 0 Å². The predicted octanol–water partition coefficient (Wildman–Crippen LogP) is 6.02. The topological polar surface area (TPSA) is 97.2 Å². The van der Waals surface area contributed by atoms with E-state index < -0.39 is 15.8 Å². The lowest BCUT2D eigenvalue weighted by Crippen LogP contribution is -2.36. The summed E-state index contributed by atoms with van der Waals surface area (Å²) < 4.78 is 57.2. The van der Waals surface area contributed by atoms with Gasteiger partial charge in [0.1, 0.15) is 27.6 Å². The molecule has 0 spiro atoms. The molecule has 44 heavy (non-hydrogen) atoms. The average molecular weight is 628 g/mol. The highest BCUT2D eigenvalue weighted by Gasteiger charge is 2.36. The second-order valence-corrected chi connectivity index (χ2v) is 15.3. The van der Waals surface area contributed by atoms with Crippen LogP contribution in [0.2, 0.25) is 0 Å². The highest BCUT2D eigenvalue weighted by atomic mass is 32.2. The summed E-state index contributed by atoms with van der Waals surface area (Å²) in [6.07, 6.45) is 7.56. The number of alkyl halides is 2.